The van der Waals surface area contributed by atoms with Gasteiger partial charge in [-0.3, -0.25) is 0 Å². The molecular weight excluding hydrogens is 504 g/mol. The number of aldehydes is 1. The molecule has 1 heterocycles. The third-order valence-corrected chi connectivity index (χ3v) is 12.9. The van der Waals surface area contributed by atoms with Crippen LogP contribution >= 0.6 is 0 Å². The summed E-state index contributed by atoms with van der Waals surface area (Å²) < 4.78 is 24.7. The van der Waals surface area contributed by atoms with Gasteiger partial charge in [-0.2, -0.15) is 0 Å². The van der Waals surface area contributed by atoms with E-state index in [-0.39, 0.29) is 17.2 Å². The zero-order valence-corrected chi connectivity index (χ0v) is 24.8. The number of carbonyl (C=O) groups excluding carboxylic acids is 1. The van der Waals surface area contributed by atoms with Gasteiger partial charge in [-0.25, -0.2) is 0 Å². The highest BCUT2D eigenvalue weighted by molar-refractivity contribution is 6.99. The number of methoxy groups -OCH3 is 1. The van der Waals surface area contributed by atoms with Crippen LogP contribution in [0.15, 0.2) is 84.9 Å². The lowest BCUT2D eigenvalue weighted by Gasteiger charge is -2.43. The van der Waals surface area contributed by atoms with Crippen LogP contribution in [-0.4, -0.2) is 46.6 Å². The predicted molar refractivity (Wildman–Crippen MR) is 158 cm³/mol. The van der Waals surface area contributed by atoms with Crippen LogP contribution in [0.1, 0.15) is 46.1 Å². The summed E-state index contributed by atoms with van der Waals surface area (Å²) in [5, 5.41) is 2.48. The molecule has 1 fully saturated rings. The summed E-state index contributed by atoms with van der Waals surface area (Å²) >= 11 is 0. The van der Waals surface area contributed by atoms with Crippen molar-refractivity contribution in [2.75, 3.05) is 13.7 Å². The standard InChI is InChI=1S/C33H42O5Si/c1-25-22-31(32(23-34)36-24-26-16-18-27(35-5)19-17-26)38-30(25)20-21-37-39(33(2,3)4,28-12-8-6-9-13-28)29-14-10-7-11-15-29/h6-19,23,25,30-32H,20-22,24H2,1-5H3/t25-,30+,31-,32-/m1/s1. The Morgan fingerprint density at radius 3 is 2.05 bits per heavy atom. The van der Waals surface area contributed by atoms with E-state index in [0.29, 0.717) is 19.1 Å². The number of hydrogen-bond acceptors (Lipinski definition) is 5. The fourth-order valence-electron chi connectivity index (χ4n) is 5.73. The number of ether oxygens (including phenoxy) is 3. The van der Waals surface area contributed by atoms with E-state index in [1.165, 1.54) is 10.4 Å². The molecule has 1 aliphatic rings. The average molecular weight is 547 g/mol. The summed E-state index contributed by atoms with van der Waals surface area (Å²) in [5.41, 5.74) is 0.990. The molecule has 0 radical (unpaired) electrons. The summed E-state index contributed by atoms with van der Waals surface area (Å²) in [7, 11) is -0.950. The Bertz CT molecular complexity index is 1120. The monoisotopic (exact) mass is 546 g/mol. The lowest BCUT2D eigenvalue weighted by Crippen LogP contribution is -2.66. The van der Waals surface area contributed by atoms with Crippen LogP contribution in [0, 0.1) is 5.92 Å². The third-order valence-electron chi connectivity index (χ3n) is 7.83. The molecule has 6 heteroatoms. The lowest BCUT2D eigenvalue weighted by molar-refractivity contribution is -0.131. The molecule has 39 heavy (non-hydrogen) atoms. The highest BCUT2D eigenvalue weighted by Gasteiger charge is 2.50. The lowest BCUT2D eigenvalue weighted by atomic mass is 9.98. The molecule has 0 unspecified atom stereocenters. The van der Waals surface area contributed by atoms with Crippen molar-refractivity contribution in [1.82, 2.24) is 0 Å². The van der Waals surface area contributed by atoms with Crippen molar-refractivity contribution in [3.63, 3.8) is 0 Å². The molecule has 0 aromatic heterocycles. The molecule has 1 aliphatic heterocycles. The largest absolute Gasteiger partial charge is 0.497 e. The minimum absolute atomic E-state index is 0.0141. The fraction of sp³-hybridized carbons (Fsp3) is 0.424. The molecule has 0 amide bonds. The highest BCUT2D eigenvalue weighted by Crippen LogP contribution is 2.37. The first-order valence-corrected chi connectivity index (χ1v) is 15.8. The summed E-state index contributed by atoms with van der Waals surface area (Å²) in [6.07, 6.45) is 1.59. The zero-order valence-electron chi connectivity index (χ0n) is 23.8. The molecule has 4 atom stereocenters. The molecule has 0 aliphatic carbocycles. The maximum absolute atomic E-state index is 12.0. The summed E-state index contributed by atoms with van der Waals surface area (Å²) in [6.45, 7) is 10.0. The van der Waals surface area contributed by atoms with E-state index in [2.05, 4.69) is 88.4 Å². The number of carbonyl (C=O) groups is 1. The van der Waals surface area contributed by atoms with E-state index in [1.54, 1.807) is 7.11 Å². The molecule has 208 valence electrons. The van der Waals surface area contributed by atoms with Crippen LogP contribution in [0.3, 0.4) is 0 Å². The molecule has 0 spiro atoms. The van der Waals surface area contributed by atoms with Gasteiger partial charge in [0, 0.05) is 6.61 Å². The molecule has 3 aromatic carbocycles. The summed E-state index contributed by atoms with van der Waals surface area (Å²) in [6, 6.07) is 29.1. The Morgan fingerprint density at radius 2 is 1.54 bits per heavy atom. The Kier molecular flexibility index (Phi) is 9.78. The minimum atomic E-state index is -2.59. The number of benzene rings is 3. The van der Waals surface area contributed by atoms with Gasteiger partial charge in [0.05, 0.1) is 25.9 Å². The Morgan fingerprint density at radius 1 is 0.949 bits per heavy atom. The normalized spacial score (nSPS) is 20.5. The molecular formula is C33H42O5Si. The quantitative estimate of drug-likeness (QED) is 0.221. The second kappa shape index (κ2) is 13.1. The van der Waals surface area contributed by atoms with Crippen LogP contribution in [0.2, 0.25) is 5.04 Å². The predicted octanol–water partition coefficient (Wildman–Crippen LogP) is 5.54. The second-order valence-electron chi connectivity index (χ2n) is 11.5. The van der Waals surface area contributed by atoms with Crippen LogP contribution < -0.4 is 15.1 Å². The van der Waals surface area contributed by atoms with Crippen LogP contribution in [0.25, 0.3) is 0 Å². The van der Waals surface area contributed by atoms with Crippen molar-refractivity contribution in [3.05, 3.63) is 90.5 Å². The highest BCUT2D eigenvalue weighted by atomic mass is 28.4. The van der Waals surface area contributed by atoms with Crippen molar-refractivity contribution in [3.8, 4) is 5.75 Å². The van der Waals surface area contributed by atoms with Gasteiger partial charge in [-0.1, -0.05) is 100 Å². The van der Waals surface area contributed by atoms with E-state index < -0.39 is 14.4 Å². The fourth-order valence-corrected chi connectivity index (χ4v) is 10.3. The Labute approximate surface area is 234 Å². The van der Waals surface area contributed by atoms with E-state index in [0.717, 1.165) is 30.4 Å². The van der Waals surface area contributed by atoms with Crippen molar-refractivity contribution in [2.24, 2.45) is 5.92 Å². The van der Waals surface area contributed by atoms with Gasteiger partial charge in [0.25, 0.3) is 8.32 Å². The average Bonchev–Trinajstić information content (AvgIpc) is 3.32. The first-order valence-electron chi connectivity index (χ1n) is 13.9. The Balaban J connectivity index is 1.42. The van der Waals surface area contributed by atoms with E-state index in [4.69, 9.17) is 18.6 Å². The van der Waals surface area contributed by atoms with Crippen molar-refractivity contribution in [1.29, 1.82) is 0 Å². The molecule has 4 rings (SSSR count). The van der Waals surface area contributed by atoms with E-state index >= 15 is 0 Å². The molecule has 3 aromatic rings. The maximum Gasteiger partial charge on any atom is 0.261 e. The first kappa shape index (κ1) is 29.2. The summed E-state index contributed by atoms with van der Waals surface area (Å²) in [4.78, 5) is 12.0. The molecule has 0 bridgehead atoms. The number of hydrogen-bond donors (Lipinski definition) is 0. The first-order chi connectivity index (χ1) is 18.8. The molecule has 0 saturated carbocycles. The smallest absolute Gasteiger partial charge is 0.261 e. The van der Waals surface area contributed by atoms with E-state index in [1.807, 2.05) is 24.3 Å². The minimum Gasteiger partial charge on any atom is -0.497 e. The molecule has 5 nitrogen and oxygen atoms in total. The molecule has 1 saturated heterocycles. The van der Waals surface area contributed by atoms with Gasteiger partial charge in [-0.05, 0) is 51.9 Å². The maximum atomic E-state index is 12.0. The van der Waals surface area contributed by atoms with Crippen molar-refractivity contribution in [2.45, 2.75) is 70.5 Å². The molecule has 0 N–H and O–H groups in total. The van der Waals surface area contributed by atoms with Gasteiger partial charge in [0.2, 0.25) is 0 Å². The van der Waals surface area contributed by atoms with Gasteiger partial charge in [-0.15, -0.1) is 0 Å². The van der Waals surface area contributed by atoms with Crippen molar-refractivity contribution >= 4 is 25.0 Å². The van der Waals surface area contributed by atoms with Crippen LogP contribution in [-0.2, 0) is 25.3 Å². The van der Waals surface area contributed by atoms with E-state index in [9.17, 15) is 4.79 Å². The van der Waals surface area contributed by atoms with Gasteiger partial charge < -0.3 is 23.4 Å². The zero-order chi connectivity index (χ0) is 27.9. The number of rotatable bonds is 12. The third kappa shape index (κ3) is 6.69. The van der Waals surface area contributed by atoms with Gasteiger partial charge >= 0.3 is 0 Å². The van der Waals surface area contributed by atoms with Gasteiger partial charge in [0.15, 0.2) is 6.29 Å². The second-order valence-corrected chi connectivity index (χ2v) is 15.8. The SMILES string of the molecule is COc1ccc(CO[C@H](C=O)[C@H]2C[C@@H](C)[C@H](CCO[Si](c3ccccc3)(c3ccccc3)C(C)(C)C)O2)cc1. The summed E-state index contributed by atoms with van der Waals surface area (Å²) in [5.74, 6) is 1.10. The van der Waals surface area contributed by atoms with Crippen molar-refractivity contribution < 1.29 is 23.4 Å². The Hall–Kier alpha value is -2.77. The topological polar surface area (TPSA) is 54.0 Å². The van der Waals surface area contributed by atoms with Gasteiger partial charge in [0.1, 0.15) is 11.9 Å². The van der Waals surface area contributed by atoms with Crippen LogP contribution in [0.5, 0.6) is 5.75 Å². The van der Waals surface area contributed by atoms with Crippen LogP contribution in [0.4, 0.5) is 0 Å².